The molecule has 1 aliphatic carbocycles. The predicted molar refractivity (Wildman–Crippen MR) is 98.5 cm³/mol. The van der Waals surface area contributed by atoms with Gasteiger partial charge in [0.1, 0.15) is 11.9 Å². The summed E-state index contributed by atoms with van der Waals surface area (Å²) in [6, 6.07) is 8.85. The standard InChI is InChI=1S/C19H21BrN2O3/c20-15-6-5-14(17(23)11-15)10-18(24)22-12-13-7-8-21-19(9-13)25-16-3-1-2-4-16/h5-9,11,16,23H,1-4,10,12H2,(H,22,24). The number of ether oxygens (including phenoxy) is 1. The number of nitrogens with zero attached hydrogens (tertiary/aromatic N) is 1. The van der Waals surface area contributed by atoms with Crippen LogP contribution in [0.25, 0.3) is 0 Å². The minimum absolute atomic E-state index is 0.112. The molecule has 1 fully saturated rings. The van der Waals surface area contributed by atoms with Crippen molar-refractivity contribution in [2.24, 2.45) is 0 Å². The summed E-state index contributed by atoms with van der Waals surface area (Å²) in [5.74, 6) is 0.581. The van der Waals surface area contributed by atoms with E-state index in [-0.39, 0.29) is 24.2 Å². The monoisotopic (exact) mass is 404 g/mol. The van der Waals surface area contributed by atoms with Crippen LogP contribution in [0, 0.1) is 0 Å². The summed E-state index contributed by atoms with van der Waals surface area (Å²) in [6.07, 6.45) is 6.69. The highest BCUT2D eigenvalue weighted by Gasteiger charge is 2.17. The van der Waals surface area contributed by atoms with Crippen molar-refractivity contribution >= 4 is 21.8 Å². The molecule has 132 valence electrons. The largest absolute Gasteiger partial charge is 0.508 e. The Bertz CT molecular complexity index is 745. The number of aromatic nitrogens is 1. The van der Waals surface area contributed by atoms with Gasteiger partial charge in [-0.3, -0.25) is 4.79 Å². The number of amides is 1. The number of aromatic hydroxyl groups is 1. The molecular weight excluding hydrogens is 384 g/mol. The van der Waals surface area contributed by atoms with Gasteiger partial charge in [-0.15, -0.1) is 0 Å². The van der Waals surface area contributed by atoms with Crippen LogP contribution in [-0.2, 0) is 17.8 Å². The normalized spacial score (nSPS) is 14.4. The van der Waals surface area contributed by atoms with Gasteiger partial charge in [0.25, 0.3) is 0 Å². The summed E-state index contributed by atoms with van der Waals surface area (Å²) >= 11 is 3.28. The fourth-order valence-corrected chi connectivity index (χ4v) is 3.27. The second-order valence-corrected chi connectivity index (χ2v) is 7.17. The minimum atomic E-state index is -0.146. The van der Waals surface area contributed by atoms with Gasteiger partial charge in [-0.05, 0) is 49.4 Å². The molecule has 0 saturated heterocycles. The minimum Gasteiger partial charge on any atom is -0.508 e. The van der Waals surface area contributed by atoms with E-state index in [1.54, 1.807) is 24.4 Å². The molecule has 2 aromatic rings. The number of nitrogens with one attached hydrogen (secondary N) is 1. The van der Waals surface area contributed by atoms with Gasteiger partial charge >= 0.3 is 0 Å². The summed E-state index contributed by atoms with van der Waals surface area (Å²) in [7, 11) is 0. The summed E-state index contributed by atoms with van der Waals surface area (Å²) in [4.78, 5) is 16.4. The molecule has 0 unspecified atom stereocenters. The number of phenols is 1. The van der Waals surface area contributed by atoms with Crippen LogP contribution in [0.3, 0.4) is 0 Å². The lowest BCUT2D eigenvalue weighted by Crippen LogP contribution is -2.24. The number of hydrogen-bond acceptors (Lipinski definition) is 4. The van der Waals surface area contributed by atoms with E-state index in [4.69, 9.17) is 4.74 Å². The van der Waals surface area contributed by atoms with E-state index in [9.17, 15) is 9.90 Å². The summed E-state index contributed by atoms with van der Waals surface area (Å²) in [5, 5.41) is 12.7. The molecular formula is C19H21BrN2O3. The number of carbonyl (C=O) groups excluding carboxylic acids is 1. The van der Waals surface area contributed by atoms with Crippen molar-refractivity contribution < 1.29 is 14.6 Å². The maximum absolute atomic E-state index is 12.1. The molecule has 1 amide bonds. The van der Waals surface area contributed by atoms with Gasteiger partial charge in [0, 0.05) is 28.8 Å². The number of rotatable bonds is 6. The third-order valence-electron chi connectivity index (χ3n) is 4.28. The number of hydrogen-bond donors (Lipinski definition) is 2. The number of phenolic OH excluding ortho intramolecular Hbond substituents is 1. The first-order valence-corrected chi connectivity index (χ1v) is 9.25. The number of carbonyl (C=O) groups is 1. The molecule has 1 aromatic carbocycles. The highest BCUT2D eigenvalue weighted by atomic mass is 79.9. The fraction of sp³-hybridized carbons (Fsp3) is 0.368. The lowest BCUT2D eigenvalue weighted by atomic mass is 10.1. The van der Waals surface area contributed by atoms with Crippen LogP contribution in [0.15, 0.2) is 41.0 Å². The van der Waals surface area contributed by atoms with Crippen LogP contribution >= 0.6 is 15.9 Å². The van der Waals surface area contributed by atoms with Crippen LogP contribution in [0.1, 0.15) is 36.8 Å². The van der Waals surface area contributed by atoms with E-state index in [1.807, 2.05) is 12.1 Å². The molecule has 3 rings (SSSR count). The first kappa shape index (κ1) is 17.7. The van der Waals surface area contributed by atoms with Crippen LogP contribution < -0.4 is 10.1 Å². The van der Waals surface area contributed by atoms with Crippen molar-refractivity contribution in [2.75, 3.05) is 0 Å². The summed E-state index contributed by atoms with van der Waals surface area (Å²) in [6.45, 7) is 0.402. The Hall–Kier alpha value is -2.08. The van der Waals surface area contributed by atoms with E-state index >= 15 is 0 Å². The van der Waals surface area contributed by atoms with Crippen molar-refractivity contribution in [3.05, 3.63) is 52.1 Å². The summed E-state index contributed by atoms with van der Waals surface area (Å²) in [5.41, 5.74) is 1.54. The molecule has 0 radical (unpaired) electrons. The smallest absolute Gasteiger partial charge is 0.224 e. The number of halogens is 1. The average Bonchev–Trinajstić information content (AvgIpc) is 3.09. The Morgan fingerprint density at radius 2 is 2.08 bits per heavy atom. The van der Waals surface area contributed by atoms with E-state index in [0.29, 0.717) is 18.0 Å². The van der Waals surface area contributed by atoms with Gasteiger partial charge in [0.2, 0.25) is 11.8 Å². The molecule has 25 heavy (non-hydrogen) atoms. The highest BCUT2D eigenvalue weighted by molar-refractivity contribution is 9.10. The zero-order chi connectivity index (χ0) is 17.6. The Balaban J connectivity index is 1.53. The molecule has 1 aromatic heterocycles. The Morgan fingerprint density at radius 3 is 2.84 bits per heavy atom. The van der Waals surface area contributed by atoms with Crippen LogP contribution in [0.2, 0.25) is 0 Å². The van der Waals surface area contributed by atoms with Gasteiger partial charge in [-0.2, -0.15) is 0 Å². The van der Waals surface area contributed by atoms with Gasteiger partial charge in [-0.1, -0.05) is 22.0 Å². The van der Waals surface area contributed by atoms with E-state index in [2.05, 4.69) is 26.2 Å². The van der Waals surface area contributed by atoms with Crippen molar-refractivity contribution in [1.29, 1.82) is 0 Å². The average molecular weight is 405 g/mol. The quantitative estimate of drug-likeness (QED) is 0.769. The molecule has 0 aliphatic heterocycles. The van der Waals surface area contributed by atoms with Gasteiger partial charge in [0.15, 0.2) is 0 Å². The molecule has 0 atom stereocenters. The molecule has 1 heterocycles. The second kappa shape index (κ2) is 8.34. The molecule has 0 bridgehead atoms. The van der Waals surface area contributed by atoms with Gasteiger partial charge in [-0.25, -0.2) is 4.98 Å². The summed E-state index contributed by atoms with van der Waals surface area (Å²) < 4.78 is 6.66. The molecule has 1 saturated carbocycles. The molecule has 0 spiro atoms. The van der Waals surface area contributed by atoms with Crippen molar-refractivity contribution in [3.63, 3.8) is 0 Å². The lowest BCUT2D eigenvalue weighted by Gasteiger charge is -2.13. The molecule has 5 nitrogen and oxygen atoms in total. The SMILES string of the molecule is O=C(Cc1ccc(Br)cc1O)NCc1ccnc(OC2CCCC2)c1. The lowest BCUT2D eigenvalue weighted by molar-refractivity contribution is -0.120. The highest BCUT2D eigenvalue weighted by Crippen LogP contribution is 2.24. The van der Waals surface area contributed by atoms with E-state index < -0.39 is 0 Å². The second-order valence-electron chi connectivity index (χ2n) is 6.25. The van der Waals surface area contributed by atoms with Crippen LogP contribution in [0.5, 0.6) is 11.6 Å². The van der Waals surface area contributed by atoms with Crippen LogP contribution in [0.4, 0.5) is 0 Å². The third-order valence-corrected chi connectivity index (χ3v) is 4.77. The zero-order valence-electron chi connectivity index (χ0n) is 13.9. The molecule has 6 heteroatoms. The number of benzene rings is 1. The maximum atomic E-state index is 12.1. The Labute approximate surface area is 155 Å². The van der Waals surface area contributed by atoms with E-state index in [1.165, 1.54) is 12.8 Å². The Morgan fingerprint density at radius 1 is 1.28 bits per heavy atom. The van der Waals surface area contributed by atoms with Crippen molar-refractivity contribution in [3.8, 4) is 11.6 Å². The predicted octanol–water partition coefficient (Wildman–Crippen LogP) is 3.73. The first-order chi connectivity index (χ1) is 12.1. The molecule has 1 aliphatic rings. The van der Waals surface area contributed by atoms with Gasteiger partial charge in [0.05, 0.1) is 6.42 Å². The van der Waals surface area contributed by atoms with E-state index in [0.717, 1.165) is 22.9 Å². The first-order valence-electron chi connectivity index (χ1n) is 8.46. The molecule has 2 N–H and O–H groups in total. The van der Waals surface area contributed by atoms with Gasteiger partial charge < -0.3 is 15.2 Å². The number of pyridine rings is 1. The van der Waals surface area contributed by atoms with Crippen molar-refractivity contribution in [2.45, 2.75) is 44.8 Å². The maximum Gasteiger partial charge on any atom is 0.224 e. The third kappa shape index (κ3) is 5.19. The van der Waals surface area contributed by atoms with Crippen LogP contribution in [-0.4, -0.2) is 22.1 Å². The topological polar surface area (TPSA) is 71.5 Å². The van der Waals surface area contributed by atoms with Crippen molar-refractivity contribution in [1.82, 2.24) is 10.3 Å². The fourth-order valence-electron chi connectivity index (χ4n) is 2.92. The zero-order valence-corrected chi connectivity index (χ0v) is 15.5. The Kier molecular flexibility index (Phi) is 5.91.